The van der Waals surface area contributed by atoms with E-state index in [1.165, 1.54) is 6.07 Å². The van der Waals surface area contributed by atoms with Crippen molar-refractivity contribution in [1.29, 1.82) is 0 Å². The van der Waals surface area contributed by atoms with Crippen molar-refractivity contribution in [3.8, 4) is 5.75 Å². The fourth-order valence-electron chi connectivity index (χ4n) is 0.918. The number of halogens is 1. The molecule has 0 fully saturated rings. The van der Waals surface area contributed by atoms with Crippen molar-refractivity contribution in [3.05, 3.63) is 29.6 Å². The molecule has 0 saturated carbocycles. The Labute approximate surface area is 83.9 Å². The van der Waals surface area contributed by atoms with E-state index < -0.39 is 29.1 Å². The highest BCUT2D eigenvalue weighted by molar-refractivity contribution is 5.97. The summed E-state index contributed by atoms with van der Waals surface area (Å²) in [5.41, 5.74) is 7.69. The van der Waals surface area contributed by atoms with Crippen molar-refractivity contribution >= 4 is 11.9 Å². The number of hydrogen-bond donors (Lipinski definition) is 4. The number of rotatable bonds is 1. The lowest BCUT2D eigenvalue weighted by atomic mass is 10.2. The molecular formula is C8H8FN3O3. The van der Waals surface area contributed by atoms with Gasteiger partial charge in [0.2, 0.25) is 0 Å². The van der Waals surface area contributed by atoms with E-state index in [0.717, 1.165) is 12.1 Å². The Morgan fingerprint density at radius 2 is 2.00 bits per heavy atom. The average molecular weight is 213 g/mol. The van der Waals surface area contributed by atoms with Gasteiger partial charge < -0.3 is 10.8 Å². The van der Waals surface area contributed by atoms with Crippen molar-refractivity contribution < 1.29 is 19.1 Å². The molecule has 6 nitrogen and oxygen atoms in total. The van der Waals surface area contributed by atoms with Gasteiger partial charge in [-0.05, 0) is 12.1 Å². The largest absolute Gasteiger partial charge is 0.507 e. The van der Waals surface area contributed by atoms with Gasteiger partial charge in [-0.2, -0.15) is 0 Å². The molecule has 3 amide bonds. The first-order valence-corrected chi connectivity index (χ1v) is 3.85. The van der Waals surface area contributed by atoms with Gasteiger partial charge in [0.15, 0.2) is 0 Å². The summed E-state index contributed by atoms with van der Waals surface area (Å²) < 4.78 is 13.1. The molecule has 0 aliphatic rings. The molecule has 1 rings (SSSR count). The van der Waals surface area contributed by atoms with Crippen LogP contribution in [0.4, 0.5) is 9.18 Å². The number of phenolic OH excluding ortho intramolecular Hbond substituents is 1. The second-order valence-electron chi connectivity index (χ2n) is 2.58. The van der Waals surface area contributed by atoms with Crippen LogP contribution in [-0.2, 0) is 0 Å². The zero-order valence-electron chi connectivity index (χ0n) is 7.45. The highest BCUT2D eigenvalue weighted by atomic mass is 19.1. The number of nitrogens with two attached hydrogens (primary N) is 1. The molecule has 0 radical (unpaired) electrons. The fourth-order valence-corrected chi connectivity index (χ4v) is 0.918. The van der Waals surface area contributed by atoms with Gasteiger partial charge in [-0.15, -0.1) is 0 Å². The minimum Gasteiger partial charge on any atom is -0.507 e. The number of amides is 3. The molecule has 1 aromatic rings. The number of urea groups is 1. The van der Waals surface area contributed by atoms with Crippen LogP contribution in [0.5, 0.6) is 5.75 Å². The summed E-state index contributed by atoms with van der Waals surface area (Å²) in [6.07, 6.45) is 0. The molecule has 0 bridgehead atoms. The third-order valence-corrected chi connectivity index (χ3v) is 1.52. The van der Waals surface area contributed by atoms with E-state index in [0.29, 0.717) is 0 Å². The summed E-state index contributed by atoms with van der Waals surface area (Å²) in [5, 5.41) is 9.18. The number of phenols is 1. The Morgan fingerprint density at radius 1 is 1.33 bits per heavy atom. The van der Waals surface area contributed by atoms with E-state index in [2.05, 4.69) is 5.73 Å². The van der Waals surface area contributed by atoms with Crippen LogP contribution in [0.3, 0.4) is 0 Å². The van der Waals surface area contributed by atoms with Gasteiger partial charge in [0.1, 0.15) is 17.1 Å². The molecular weight excluding hydrogens is 205 g/mol. The summed E-state index contributed by atoms with van der Waals surface area (Å²) in [6, 6.07) is 2.38. The van der Waals surface area contributed by atoms with Crippen LogP contribution < -0.4 is 16.6 Å². The smallest absolute Gasteiger partial charge is 0.330 e. The molecule has 0 unspecified atom stereocenters. The highest BCUT2D eigenvalue weighted by Crippen LogP contribution is 2.18. The maximum absolute atomic E-state index is 13.1. The number of hydrazine groups is 1. The highest BCUT2D eigenvalue weighted by Gasteiger charge is 2.16. The van der Waals surface area contributed by atoms with Crippen LogP contribution in [0.15, 0.2) is 18.2 Å². The molecule has 0 aromatic heterocycles. The first-order valence-electron chi connectivity index (χ1n) is 3.85. The van der Waals surface area contributed by atoms with Gasteiger partial charge in [-0.25, -0.2) is 14.6 Å². The van der Waals surface area contributed by atoms with E-state index in [9.17, 15) is 19.1 Å². The Hall–Kier alpha value is -2.31. The number of nitrogens with one attached hydrogen (secondary N) is 2. The van der Waals surface area contributed by atoms with Crippen molar-refractivity contribution in [2.45, 2.75) is 0 Å². The molecule has 5 N–H and O–H groups in total. The SMILES string of the molecule is NC(=O)NNC(=O)c1c(O)cccc1F. The standard InChI is InChI=1S/C8H8FN3O3/c9-4-2-1-3-5(13)6(4)7(14)11-12-8(10)15/h1-3,13H,(H,11,14)(H3,10,12,15). The van der Waals surface area contributed by atoms with E-state index >= 15 is 0 Å². The maximum atomic E-state index is 13.1. The Morgan fingerprint density at radius 3 is 2.53 bits per heavy atom. The quantitative estimate of drug-likeness (QED) is 0.487. The minimum atomic E-state index is -1.00. The van der Waals surface area contributed by atoms with Crippen molar-refractivity contribution in [2.24, 2.45) is 5.73 Å². The third kappa shape index (κ3) is 2.56. The lowest BCUT2D eigenvalue weighted by molar-refractivity contribution is 0.0930. The number of carbonyl (C=O) groups excluding carboxylic acids is 2. The summed E-state index contributed by atoms with van der Waals surface area (Å²) in [4.78, 5) is 21.5. The Balaban J connectivity index is 2.86. The monoisotopic (exact) mass is 213 g/mol. The maximum Gasteiger partial charge on any atom is 0.330 e. The number of primary amides is 1. The average Bonchev–Trinajstić information content (AvgIpc) is 2.14. The van der Waals surface area contributed by atoms with Crippen LogP contribution in [0.2, 0.25) is 0 Å². The van der Waals surface area contributed by atoms with Gasteiger partial charge >= 0.3 is 6.03 Å². The molecule has 1 aromatic carbocycles. The van der Waals surface area contributed by atoms with Crippen LogP contribution in [0.25, 0.3) is 0 Å². The predicted molar refractivity (Wildman–Crippen MR) is 48.3 cm³/mol. The second kappa shape index (κ2) is 4.27. The molecule has 0 aliphatic carbocycles. The van der Waals surface area contributed by atoms with Crippen LogP contribution >= 0.6 is 0 Å². The van der Waals surface area contributed by atoms with Gasteiger partial charge in [0.05, 0.1) is 0 Å². The van der Waals surface area contributed by atoms with Gasteiger partial charge in [-0.3, -0.25) is 10.2 Å². The van der Waals surface area contributed by atoms with Gasteiger partial charge in [-0.1, -0.05) is 6.07 Å². The molecule has 0 spiro atoms. The molecule has 0 saturated heterocycles. The Bertz CT molecular complexity index is 388. The molecule has 0 heterocycles. The summed E-state index contributed by atoms with van der Waals surface area (Å²) in [6.45, 7) is 0. The zero-order chi connectivity index (χ0) is 11.4. The topological polar surface area (TPSA) is 104 Å². The molecule has 15 heavy (non-hydrogen) atoms. The van der Waals surface area contributed by atoms with E-state index in [-0.39, 0.29) is 0 Å². The lowest BCUT2D eigenvalue weighted by Gasteiger charge is -2.06. The molecule has 0 aliphatic heterocycles. The van der Waals surface area contributed by atoms with E-state index in [1.54, 1.807) is 5.43 Å². The number of aromatic hydroxyl groups is 1. The first kappa shape index (κ1) is 10.8. The zero-order valence-corrected chi connectivity index (χ0v) is 7.45. The van der Waals surface area contributed by atoms with Gasteiger partial charge in [0, 0.05) is 0 Å². The predicted octanol–water partition coefficient (Wildman–Crippen LogP) is -0.156. The molecule has 80 valence electrons. The third-order valence-electron chi connectivity index (χ3n) is 1.52. The summed E-state index contributed by atoms with van der Waals surface area (Å²) in [5.74, 6) is -2.43. The normalized spacial score (nSPS) is 9.40. The second-order valence-corrected chi connectivity index (χ2v) is 2.58. The first-order chi connectivity index (χ1) is 7.02. The van der Waals surface area contributed by atoms with Gasteiger partial charge in [0.25, 0.3) is 5.91 Å². The number of benzene rings is 1. The van der Waals surface area contributed by atoms with E-state index in [4.69, 9.17) is 0 Å². The minimum absolute atomic E-state index is 0.529. The summed E-state index contributed by atoms with van der Waals surface area (Å²) >= 11 is 0. The number of hydrogen-bond acceptors (Lipinski definition) is 3. The summed E-state index contributed by atoms with van der Waals surface area (Å²) in [7, 11) is 0. The molecule has 0 atom stereocenters. The number of carbonyl (C=O) groups is 2. The van der Waals surface area contributed by atoms with Crippen molar-refractivity contribution in [2.75, 3.05) is 0 Å². The van der Waals surface area contributed by atoms with Crippen LogP contribution in [0, 0.1) is 5.82 Å². The van der Waals surface area contributed by atoms with Crippen molar-refractivity contribution in [1.82, 2.24) is 10.9 Å². The Kier molecular flexibility index (Phi) is 3.06. The van der Waals surface area contributed by atoms with E-state index in [1.807, 2.05) is 5.43 Å². The fraction of sp³-hybridized carbons (Fsp3) is 0. The van der Waals surface area contributed by atoms with Crippen LogP contribution in [0.1, 0.15) is 10.4 Å². The molecule has 7 heteroatoms. The van der Waals surface area contributed by atoms with Crippen molar-refractivity contribution in [3.63, 3.8) is 0 Å². The van der Waals surface area contributed by atoms with Crippen LogP contribution in [-0.4, -0.2) is 17.0 Å². The lowest BCUT2D eigenvalue weighted by Crippen LogP contribution is -2.44.